The molecule has 0 saturated heterocycles. The molecule has 0 radical (unpaired) electrons. The Balaban J connectivity index is 2.02. The lowest BCUT2D eigenvalue weighted by molar-refractivity contribution is -0.140. The summed E-state index contributed by atoms with van der Waals surface area (Å²) in [6.07, 6.45) is -4.63. The number of carbonyl (C=O) groups is 1. The van der Waals surface area contributed by atoms with Crippen LogP contribution in [0.5, 0.6) is 0 Å². The van der Waals surface area contributed by atoms with Gasteiger partial charge in [0, 0.05) is 0 Å². The van der Waals surface area contributed by atoms with Crippen molar-refractivity contribution >= 4 is 34.7 Å². The van der Waals surface area contributed by atoms with Crippen LogP contribution in [0.4, 0.5) is 19.0 Å². The molecule has 0 aliphatic heterocycles. The van der Waals surface area contributed by atoms with Crippen molar-refractivity contribution in [2.45, 2.75) is 6.18 Å². The van der Waals surface area contributed by atoms with Crippen LogP contribution in [0, 0.1) is 0 Å². The van der Waals surface area contributed by atoms with E-state index in [9.17, 15) is 18.0 Å². The Morgan fingerprint density at radius 2 is 1.88 bits per heavy atom. The third kappa shape index (κ3) is 3.29. The lowest BCUT2D eigenvalue weighted by Crippen LogP contribution is -2.12. The number of benzene rings is 1. The number of nitrogens with zero attached hydrogens (tertiary/aromatic N) is 1. The van der Waals surface area contributed by atoms with E-state index in [2.05, 4.69) is 10.4 Å². The van der Waals surface area contributed by atoms with Crippen molar-refractivity contribution in [3.8, 4) is 11.1 Å². The summed E-state index contributed by atoms with van der Waals surface area (Å²) in [4.78, 5) is 12.4. The number of thiophene rings is 1. The van der Waals surface area contributed by atoms with E-state index in [0.29, 0.717) is 4.34 Å². The zero-order chi connectivity index (χ0) is 17.3. The van der Waals surface area contributed by atoms with Gasteiger partial charge in [0.05, 0.1) is 14.8 Å². The fourth-order valence-corrected chi connectivity index (χ4v) is 3.07. The van der Waals surface area contributed by atoms with Crippen LogP contribution in [0.3, 0.4) is 0 Å². The Labute approximate surface area is 143 Å². The van der Waals surface area contributed by atoms with Gasteiger partial charge in [0.1, 0.15) is 5.69 Å². The maximum Gasteiger partial charge on any atom is 0.433 e. The number of aromatic nitrogens is 2. The molecule has 9 heteroatoms. The first-order valence-electron chi connectivity index (χ1n) is 6.64. The molecule has 4 nitrogen and oxygen atoms in total. The van der Waals surface area contributed by atoms with Gasteiger partial charge in [0.15, 0.2) is 5.82 Å². The maximum absolute atomic E-state index is 13.2. The Bertz CT molecular complexity index is 874. The number of nitrogens with one attached hydrogen (secondary N) is 2. The van der Waals surface area contributed by atoms with Crippen molar-refractivity contribution in [2.75, 3.05) is 5.32 Å². The van der Waals surface area contributed by atoms with E-state index in [1.165, 1.54) is 24.3 Å². The topological polar surface area (TPSA) is 57.8 Å². The quantitative estimate of drug-likeness (QED) is 0.675. The number of hydrogen-bond donors (Lipinski definition) is 2. The largest absolute Gasteiger partial charge is 0.433 e. The van der Waals surface area contributed by atoms with Crippen LogP contribution in [0.15, 0.2) is 42.5 Å². The number of amides is 1. The van der Waals surface area contributed by atoms with Crippen molar-refractivity contribution in [1.82, 2.24) is 10.2 Å². The second kappa shape index (κ2) is 6.29. The molecule has 3 aromatic rings. The van der Waals surface area contributed by atoms with E-state index < -0.39 is 17.8 Å². The average Bonchev–Trinajstić information content (AvgIpc) is 3.14. The second-order valence-corrected chi connectivity index (χ2v) is 6.46. The minimum atomic E-state index is -4.63. The van der Waals surface area contributed by atoms with Crippen LogP contribution in [0.25, 0.3) is 11.1 Å². The Kier molecular flexibility index (Phi) is 4.33. The molecular weight excluding hydrogens is 363 g/mol. The Morgan fingerprint density at radius 3 is 2.46 bits per heavy atom. The molecule has 3 rings (SSSR count). The highest BCUT2D eigenvalue weighted by molar-refractivity contribution is 7.18. The van der Waals surface area contributed by atoms with Crippen molar-refractivity contribution in [3.63, 3.8) is 0 Å². The van der Waals surface area contributed by atoms with E-state index in [0.717, 1.165) is 11.3 Å². The van der Waals surface area contributed by atoms with Gasteiger partial charge in [-0.2, -0.15) is 18.3 Å². The first kappa shape index (κ1) is 16.5. The van der Waals surface area contributed by atoms with Crippen LogP contribution < -0.4 is 5.32 Å². The third-order valence-corrected chi connectivity index (χ3v) is 4.37. The molecule has 0 bridgehead atoms. The molecule has 2 heterocycles. The van der Waals surface area contributed by atoms with Gasteiger partial charge in [-0.1, -0.05) is 41.9 Å². The van der Waals surface area contributed by atoms with Gasteiger partial charge in [0.2, 0.25) is 0 Å². The van der Waals surface area contributed by atoms with Crippen LogP contribution >= 0.6 is 22.9 Å². The standard InChI is InChI=1S/C15H9ClF3N3OS/c16-10-7-6-9(24-10)14(23)20-13-11(8-4-2-1-3-5-8)12(21-22-13)15(17,18)19/h1-7H,(H2,20,21,22,23). The van der Waals surface area contributed by atoms with Gasteiger partial charge in [-0.15, -0.1) is 11.3 Å². The summed E-state index contributed by atoms with van der Waals surface area (Å²) in [6, 6.07) is 10.9. The molecule has 0 aliphatic carbocycles. The van der Waals surface area contributed by atoms with Crippen LogP contribution in [-0.2, 0) is 6.18 Å². The summed E-state index contributed by atoms with van der Waals surface area (Å²) in [5.41, 5.74) is -0.939. The Hall–Kier alpha value is -2.32. The average molecular weight is 372 g/mol. The van der Waals surface area contributed by atoms with Crippen LogP contribution in [0.1, 0.15) is 15.4 Å². The summed E-state index contributed by atoms with van der Waals surface area (Å²) >= 11 is 6.79. The number of halogens is 4. The number of carbonyl (C=O) groups excluding carboxylic acids is 1. The van der Waals surface area contributed by atoms with Gasteiger partial charge >= 0.3 is 6.18 Å². The lowest BCUT2D eigenvalue weighted by Gasteiger charge is -2.09. The van der Waals surface area contributed by atoms with Crippen molar-refractivity contribution < 1.29 is 18.0 Å². The number of rotatable bonds is 3. The third-order valence-electron chi connectivity index (χ3n) is 3.14. The number of aromatic amines is 1. The number of H-pyrrole nitrogens is 1. The predicted octanol–water partition coefficient (Wildman–Crippen LogP) is 5.06. The van der Waals surface area contributed by atoms with Gasteiger partial charge in [-0.3, -0.25) is 9.89 Å². The van der Waals surface area contributed by atoms with Gasteiger partial charge in [0.25, 0.3) is 5.91 Å². The molecule has 2 N–H and O–H groups in total. The molecule has 0 aliphatic rings. The zero-order valence-electron chi connectivity index (χ0n) is 11.8. The molecular formula is C15H9ClF3N3OS. The SMILES string of the molecule is O=C(Nc1n[nH]c(C(F)(F)F)c1-c1ccccc1)c1ccc(Cl)s1. The van der Waals surface area contributed by atoms with E-state index in [-0.39, 0.29) is 21.8 Å². The molecule has 0 fully saturated rings. The summed E-state index contributed by atoms with van der Waals surface area (Å²) in [7, 11) is 0. The van der Waals surface area contributed by atoms with Gasteiger partial charge in [-0.25, -0.2) is 0 Å². The number of anilines is 1. The van der Waals surface area contributed by atoms with Gasteiger partial charge in [-0.05, 0) is 17.7 Å². The molecule has 0 saturated carbocycles. The lowest BCUT2D eigenvalue weighted by atomic mass is 10.1. The summed E-state index contributed by atoms with van der Waals surface area (Å²) in [6.45, 7) is 0. The second-order valence-electron chi connectivity index (χ2n) is 4.74. The minimum absolute atomic E-state index is 0.192. The monoisotopic (exact) mass is 371 g/mol. The molecule has 2 aromatic heterocycles. The van der Waals surface area contributed by atoms with Crippen molar-refractivity contribution in [1.29, 1.82) is 0 Å². The number of alkyl halides is 3. The van der Waals surface area contributed by atoms with E-state index in [4.69, 9.17) is 11.6 Å². The number of hydrogen-bond acceptors (Lipinski definition) is 3. The maximum atomic E-state index is 13.2. The smallest absolute Gasteiger partial charge is 0.304 e. The first-order chi connectivity index (χ1) is 11.4. The fourth-order valence-electron chi connectivity index (χ4n) is 2.13. The highest BCUT2D eigenvalue weighted by Crippen LogP contribution is 2.39. The summed E-state index contributed by atoms with van der Waals surface area (Å²) < 4.78 is 40.0. The molecule has 24 heavy (non-hydrogen) atoms. The normalized spacial score (nSPS) is 11.5. The zero-order valence-corrected chi connectivity index (χ0v) is 13.4. The molecule has 0 unspecified atom stereocenters. The van der Waals surface area contributed by atoms with E-state index in [1.54, 1.807) is 18.2 Å². The van der Waals surface area contributed by atoms with E-state index >= 15 is 0 Å². The van der Waals surface area contributed by atoms with Gasteiger partial charge < -0.3 is 5.32 Å². The Morgan fingerprint density at radius 1 is 1.17 bits per heavy atom. The predicted molar refractivity (Wildman–Crippen MR) is 86.3 cm³/mol. The molecule has 1 amide bonds. The fraction of sp³-hybridized carbons (Fsp3) is 0.0667. The summed E-state index contributed by atoms with van der Waals surface area (Å²) in [5.74, 6) is -0.771. The summed E-state index contributed by atoms with van der Waals surface area (Å²) in [5, 5.41) is 7.99. The van der Waals surface area contributed by atoms with E-state index in [1.807, 2.05) is 5.10 Å². The minimum Gasteiger partial charge on any atom is -0.304 e. The highest BCUT2D eigenvalue weighted by atomic mass is 35.5. The molecule has 124 valence electrons. The highest BCUT2D eigenvalue weighted by Gasteiger charge is 2.38. The van der Waals surface area contributed by atoms with Crippen LogP contribution in [-0.4, -0.2) is 16.1 Å². The molecule has 0 spiro atoms. The van der Waals surface area contributed by atoms with Crippen molar-refractivity contribution in [3.05, 3.63) is 57.4 Å². The molecule has 0 atom stereocenters. The van der Waals surface area contributed by atoms with Crippen LogP contribution in [0.2, 0.25) is 4.34 Å². The first-order valence-corrected chi connectivity index (χ1v) is 7.83. The van der Waals surface area contributed by atoms with Crippen molar-refractivity contribution in [2.24, 2.45) is 0 Å². The molecule has 1 aromatic carbocycles.